The standard InChI is InChI=1S/C61H41BN2O2S/c1-60(2,3)32-22-24-33(25-23-32)64-47-29-44-38(34-14-6-10-18-43(34)61(44,4)5)26-42(47)56-57-58-54(55-37-17-8-12-20-50(37)66-59(55)56)41-27-40-36-16-9-13-21-52(36)67-53(40)31-46(41)63(58)48-28-39-35-15-7-11-19-49(35)65-51(39)30-45(48)62(57)64/h6-31H,1-5H3. The number of thiophene rings is 1. The molecule has 0 saturated heterocycles. The first-order valence-electron chi connectivity index (χ1n) is 23.5. The summed E-state index contributed by atoms with van der Waals surface area (Å²) in [6.45, 7) is 11.5. The highest BCUT2D eigenvalue weighted by Crippen LogP contribution is 2.57. The van der Waals surface area contributed by atoms with E-state index in [-0.39, 0.29) is 17.7 Å². The number of furan rings is 2. The fourth-order valence-electron chi connectivity index (χ4n) is 12.8. The zero-order valence-electron chi connectivity index (χ0n) is 37.7. The Bertz CT molecular complexity index is 4420. The average molecular weight is 877 g/mol. The number of para-hydroxylation sites is 2. The van der Waals surface area contributed by atoms with Gasteiger partial charge in [0.15, 0.2) is 0 Å². The molecule has 0 amide bonds. The van der Waals surface area contributed by atoms with E-state index in [9.17, 15) is 0 Å². The van der Waals surface area contributed by atoms with E-state index in [0.717, 1.165) is 44.2 Å². The van der Waals surface area contributed by atoms with Crippen LogP contribution in [0.3, 0.4) is 0 Å². The van der Waals surface area contributed by atoms with Crippen LogP contribution >= 0.6 is 11.3 Å². The van der Waals surface area contributed by atoms with E-state index in [1.54, 1.807) is 0 Å². The van der Waals surface area contributed by atoms with E-state index in [1.807, 2.05) is 11.3 Å². The fraction of sp³-hybridized carbons (Fsp3) is 0.115. The van der Waals surface area contributed by atoms with Gasteiger partial charge in [-0.1, -0.05) is 126 Å². The zero-order chi connectivity index (χ0) is 44.4. The van der Waals surface area contributed by atoms with Gasteiger partial charge in [0.2, 0.25) is 0 Å². The molecule has 0 N–H and O–H groups in total. The monoisotopic (exact) mass is 876 g/mol. The quantitative estimate of drug-likeness (QED) is 0.154. The second-order valence-electron chi connectivity index (χ2n) is 20.8. The predicted molar refractivity (Wildman–Crippen MR) is 284 cm³/mol. The summed E-state index contributed by atoms with van der Waals surface area (Å²) in [6.07, 6.45) is 0. The van der Waals surface area contributed by atoms with Gasteiger partial charge in [0, 0.05) is 86.1 Å². The Balaban J connectivity index is 1.16. The van der Waals surface area contributed by atoms with Gasteiger partial charge in [0.1, 0.15) is 22.3 Å². The predicted octanol–water partition coefficient (Wildman–Crippen LogP) is 15.8. The summed E-state index contributed by atoms with van der Waals surface area (Å²) < 4.78 is 19.4. The molecule has 0 atom stereocenters. The largest absolute Gasteiger partial charge is 0.456 e. The summed E-state index contributed by atoms with van der Waals surface area (Å²) in [4.78, 5) is 2.66. The van der Waals surface area contributed by atoms with Gasteiger partial charge in [-0.2, -0.15) is 0 Å². The molecular weight excluding hydrogens is 836 g/mol. The Labute approximate surface area is 390 Å². The van der Waals surface area contributed by atoms with Crippen LogP contribution in [0.5, 0.6) is 0 Å². The van der Waals surface area contributed by atoms with Crippen LogP contribution in [-0.4, -0.2) is 11.4 Å². The number of anilines is 2. The molecule has 1 aliphatic carbocycles. The van der Waals surface area contributed by atoms with Gasteiger partial charge in [-0.05, 0) is 111 Å². The smallest absolute Gasteiger partial charge is 0.333 e. The fourth-order valence-corrected chi connectivity index (χ4v) is 13.9. The third-order valence-electron chi connectivity index (χ3n) is 15.9. The van der Waals surface area contributed by atoms with Crippen molar-refractivity contribution in [1.82, 2.24) is 4.57 Å². The SMILES string of the molecule is CC(C)(C)c1ccc(N2B3c4cc5oc6ccccc6c5cc4-n4c5cc6sc7ccccc7c6cc5c5c6c(oc7ccccc76)c(c3c54)-c3cc4c(cc32)C(C)(C)c2ccccc2-4)cc1. The van der Waals surface area contributed by atoms with Crippen molar-refractivity contribution in [1.29, 1.82) is 0 Å². The molecule has 16 rings (SSSR count). The molecule has 0 fully saturated rings. The minimum Gasteiger partial charge on any atom is -0.456 e. The van der Waals surface area contributed by atoms with Crippen LogP contribution in [0, 0.1) is 0 Å². The lowest BCUT2D eigenvalue weighted by atomic mass is 9.43. The second-order valence-corrected chi connectivity index (χ2v) is 21.9. The van der Waals surface area contributed by atoms with E-state index < -0.39 is 0 Å². The topological polar surface area (TPSA) is 34.5 Å². The number of hydrogen-bond donors (Lipinski definition) is 0. The highest BCUT2D eigenvalue weighted by Gasteiger charge is 2.48. The lowest BCUT2D eigenvalue weighted by Crippen LogP contribution is -2.60. The van der Waals surface area contributed by atoms with Crippen molar-refractivity contribution in [3.63, 3.8) is 0 Å². The molecule has 316 valence electrons. The van der Waals surface area contributed by atoms with Crippen molar-refractivity contribution in [2.75, 3.05) is 4.81 Å². The highest BCUT2D eigenvalue weighted by molar-refractivity contribution is 7.25. The van der Waals surface area contributed by atoms with Crippen LogP contribution in [-0.2, 0) is 10.8 Å². The maximum atomic E-state index is 7.37. The molecule has 4 nitrogen and oxygen atoms in total. The molecule has 67 heavy (non-hydrogen) atoms. The number of nitrogens with zero attached hydrogens (tertiary/aromatic N) is 2. The Morgan fingerprint density at radius 3 is 2.09 bits per heavy atom. The maximum Gasteiger partial charge on any atom is 0.333 e. The van der Waals surface area contributed by atoms with Crippen LogP contribution in [0.1, 0.15) is 51.3 Å². The van der Waals surface area contributed by atoms with Crippen LogP contribution in [0.25, 0.3) is 114 Å². The van der Waals surface area contributed by atoms with Crippen LogP contribution in [0.4, 0.5) is 11.4 Å². The molecule has 0 spiro atoms. The summed E-state index contributed by atoms with van der Waals surface area (Å²) in [5, 5.41) is 9.65. The number of hydrogen-bond acceptors (Lipinski definition) is 4. The van der Waals surface area contributed by atoms with Crippen LogP contribution < -0.4 is 15.7 Å². The molecule has 6 heterocycles. The molecule has 0 bridgehead atoms. The first-order valence-corrected chi connectivity index (χ1v) is 24.3. The molecule has 13 aromatic rings. The maximum absolute atomic E-state index is 7.37. The molecule has 3 aliphatic rings. The van der Waals surface area contributed by atoms with Gasteiger partial charge in [-0.3, -0.25) is 0 Å². The van der Waals surface area contributed by atoms with E-state index in [4.69, 9.17) is 8.83 Å². The first-order chi connectivity index (χ1) is 32.6. The first kappa shape index (κ1) is 36.7. The lowest BCUT2D eigenvalue weighted by molar-refractivity contribution is 0.590. The van der Waals surface area contributed by atoms with E-state index >= 15 is 0 Å². The Kier molecular flexibility index (Phi) is 6.60. The van der Waals surface area contributed by atoms with Gasteiger partial charge in [0.05, 0.1) is 11.0 Å². The molecule has 0 radical (unpaired) electrons. The number of fused-ring (bicyclic) bond motifs is 22. The average Bonchev–Trinajstić information content (AvgIpc) is 4.13. The van der Waals surface area contributed by atoms with Gasteiger partial charge < -0.3 is 18.2 Å². The van der Waals surface area contributed by atoms with Crippen molar-refractivity contribution in [2.24, 2.45) is 0 Å². The van der Waals surface area contributed by atoms with Gasteiger partial charge in [-0.15, -0.1) is 11.3 Å². The molecule has 2 aliphatic heterocycles. The molecule has 0 saturated carbocycles. The van der Waals surface area contributed by atoms with Crippen molar-refractivity contribution in [2.45, 2.75) is 45.4 Å². The summed E-state index contributed by atoms with van der Waals surface area (Å²) in [5.74, 6) is 0. The van der Waals surface area contributed by atoms with Crippen LogP contribution in [0.15, 0.2) is 167 Å². The summed E-state index contributed by atoms with van der Waals surface area (Å²) in [5.41, 5.74) is 20.9. The van der Waals surface area contributed by atoms with E-state index in [0.29, 0.717) is 0 Å². The lowest BCUT2D eigenvalue weighted by Gasteiger charge is -2.42. The highest BCUT2D eigenvalue weighted by atomic mass is 32.1. The minimum absolute atomic E-state index is 0.00494. The normalized spacial score (nSPS) is 14.7. The third-order valence-corrected chi connectivity index (χ3v) is 17.0. The summed E-state index contributed by atoms with van der Waals surface area (Å²) >= 11 is 1.88. The second kappa shape index (κ2) is 12.1. The Morgan fingerprint density at radius 2 is 1.27 bits per heavy atom. The van der Waals surface area contributed by atoms with Crippen LogP contribution in [0.2, 0.25) is 0 Å². The Hall–Kier alpha value is -7.54. The molecule has 0 unspecified atom stereocenters. The molecule has 9 aromatic carbocycles. The molecular formula is C61H41BN2O2S. The number of rotatable bonds is 1. The Morgan fingerprint density at radius 1 is 0.537 bits per heavy atom. The number of benzene rings is 9. The minimum atomic E-state index is -0.223. The molecule has 4 aromatic heterocycles. The summed E-state index contributed by atoms with van der Waals surface area (Å²) in [6, 6.07) is 59.3. The third kappa shape index (κ3) is 4.46. The van der Waals surface area contributed by atoms with Crippen molar-refractivity contribution >= 4 is 126 Å². The molecule has 6 heteroatoms. The van der Waals surface area contributed by atoms with E-state index in [1.165, 1.54) is 109 Å². The van der Waals surface area contributed by atoms with Gasteiger partial charge in [-0.25, -0.2) is 0 Å². The zero-order valence-corrected chi connectivity index (χ0v) is 38.5. The number of aromatic nitrogens is 1. The van der Waals surface area contributed by atoms with Gasteiger partial charge in [0.25, 0.3) is 0 Å². The van der Waals surface area contributed by atoms with Crippen molar-refractivity contribution < 1.29 is 8.83 Å². The van der Waals surface area contributed by atoms with Crippen molar-refractivity contribution in [3.8, 4) is 27.9 Å². The van der Waals surface area contributed by atoms with Crippen molar-refractivity contribution in [3.05, 3.63) is 174 Å². The van der Waals surface area contributed by atoms with Gasteiger partial charge >= 0.3 is 6.85 Å². The van der Waals surface area contributed by atoms with E-state index in [2.05, 4.69) is 202 Å². The summed E-state index contributed by atoms with van der Waals surface area (Å²) in [7, 11) is 0.